The molecule has 2 heterocycles. The average molecular weight is 299 g/mol. The molecule has 2 fully saturated rings. The maximum Gasteiger partial charge on any atom is 0.238 e. The van der Waals surface area contributed by atoms with Gasteiger partial charge in [0.2, 0.25) is 10.0 Å². The Morgan fingerprint density at radius 3 is 2.80 bits per heavy atom. The Bertz CT molecular complexity index is 620. The van der Waals surface area contributed by atoms with Gasteiger partial charge in [0.25, 0.3) is 0 Å². The highest BCUT2D eigenvalue weighted by Gasteiger charge is 2.37. The van der Waals surface area contributed by atoms with Crippen molar-refractivity contribution in [2.45, 2.75) is 36.2 Å². The topological polar surface area (TPSA) is 75.4 Å². The van der Waals surface area contributed by atoms with Gasteiger partial charge in [0.1, 0.15) is 5.82 Å². The summed E-state index contributed by atoms with van der Waals surface area (Å²) in [6.45, 7) is 2.16. The summed E-state index contributed by atoms with van der Waals surface area (Å²) in [5.41, 5.74) is 0.344. The van der Waals surface area contributed by atoms with Crippen molar-refractivity contribution in [1.29, 1.82) is 0 Å². The highest BCUT2D eigenvalue weighted by atomic mass is 32.2. The number of fused-ring (bicyclic) bond motifs is 1. The molecule has 1 aromatic rings. The minimum atomic E-state index is -3.86. The second-order valence-electron chi connectivity index (χ2n) is 5.47. The van der Waals surface area contributed by atoms with Gasteiger partial charge in [-0.1, -0.05) is 0 Å². The van der Waals surface area contributed by atoms with E-state index >= 15 is 0 Å². The number of halogens is 1. The SMILES string of the molecule is NS(=O)(=O)c1ccc(NC2CCN3CCCC23)c(F)c1. The Kier molecular flexibility index (Phi) is 3.43. The Hall–Kier alpha value is -1.18. The molecule has 3 N–H and O–H groups in total. The number of rotatable bonds is 3. The van der Waals surface area contributed by atoms with E-state index in [-0.39, 0.29) is 10.9 Å². The second-order valence-corrected chi connectivity index (χ2v) is 7.03. The number of nitrogens with two attached hydrogens (primary N) is 1. The summed E-state index contributed by atoms with van der Waals surface area (Å²) in [4.78, 5) is 2.23. The zero-order valence-corrected chi connectivity index (χ0v) is 11.9. The van der Waals surface area contributed by atoms with Crippen LogP contribution >= 0.6 is 0 Å². The zero-order chi connectivity index (χ0) is 14.3. The molecule has 2 unspecified atom stereocenters. The van der Waals surface area contributed by atoms with E-state index in [4.69, 9.17) is 5.14 Å². The summed E-state index contributed by atoms with van der Waals surface area (Å²) in [6, 6.07) is 4.45. The van der Waals surface area contributed by atoms with Crippen molar-refractivity contribution in [3.8, 4) is 0 Å². The van der Waals surface area contributed by atoms with Gasteiger partial charge < -0.3 is 5.32 Å². The summed E-state index contributed by atoms with van der Waals surface area (Å²) >= 11 is 0. The minimum absolute atomic E-state index is 0.200. The first-order valence-electron chi connectivity index (χ1n) is 6.78. The standard InChI is InChI=1S/C13H18FN3O2S/c14-10-8-9(20(15,18)19)3-4-11(10)16-12-5-7-17-6-1-2-13(12)17/h3-4,8,12-13,16H,1-2,5-7H2,(H2,15,18,19). The number of anilines is 1. The molecule has 0 aromatic heterocycles. The first kappa shape index (κ1) is 13.8. The molecular weight excluding hydrogens is 281 g/mol. The van der Waals surface area contributed by atoms with E-state index in [2.05, 4.69) is 10.2 Å². The molecule has 0 amide bonds. The van der Waals surface area contributed by atoms with E-state index in [0.717, 1.165) is 32.0 Å². The molecule has 2 aliphatic rings. The van der Waals surface area contributed by atoms with Gasteiger partial charge in [-0.05, 0) is 44.0 Å². The number of benzene rings is 1. The van der Waals surface area contributed by atoms with E-state index in [0.29, 0.717) is 11.7 Å². The molecular formula is C13H18FN3O2S. The highest BCUT2D eigenvalue weighted by Crippen LogP contribution is 2.31. The van der Waals surface area contributed by atoms with Crippen LogP contribution in [0.25, 0.3) is 0 Å². The first-order valence-corrected chi connectivity index (χ1v) is 8.33. The quantitative estimate of drug-likeness (QED) is 0.877. The lowest BCUT2D eigenvalue weighted by molar-refractivity contribution is 0.318. The smallest absolute Gasteiger partial charge is 0.238 e. The molecule has 5 nitrogen and oxygen atoms in total. The van der Waals surface area contributed by atoms with Crippen LogP contribution in [0.1, 0.15) is 19.3 Å². The molecule has 0 saturated carbocycles. The second kappa shape index (κ2) is 4.98. The minimum Gasteiger partial charge on any atom is -0.378 e. The largest absolute Gasteiger partial charge is 0.378 e. The van der Waals surface area contributed by atoms with Gasteiger partial charge in [0.05, 0.1) is 10.6 Å². The van der Waals surface area contributed by atoms with Crippen molar-refractivity contribution in [2.75, 3.05) is 18.4 Å². The molecule has 3 rings (SSSR count). The zero-order valence-electron chi connectivity index (χ0n) is 11.0. The number of nitrogens with one attached hydrogen (secondary N) is 1. The summed E-state index contributed by atoms with van der Waals surface area (Å²) in [6.07, 6.45) is 3.31. The molecule has 0 radical (unpaired) electrons. The third kappa shape index (κ3) is 2.53. The number of nitrogens with zero attached hydrogens (tertiary/aromatic N) is 1. The Morgan fingerprint density at radius 1 is 1.30 bits per heavy atom. The van der Waals surface area contributed by atoms with E-state index < -0.39 is 15.8 Å². The molecule has 2 atom stereocenters. The molecule has 0 aliphatic carbocycles. The predicted molar refractivity (Wildman–Crippen MR) is 74.4 cm³/mol. The normalized spacial score (nSPS) is 26.7. The summed E-state index contributed by atoms with van der Waals surface area (Å²) in [7, 11) is -3.86. The summed E-state index contributed by atoms with van der Waals surface area (Å²) in [5.74, 6) is -0.576. The predicted octanol–water partition coefficient (Wildman–Crippen LogP) is 1.12. The fourth-order valence-corrected chi connectivity index (χ4v) is 3.77. The summed E-state index contributed by atoms with van der Waals surface area (Å²) < 4.78 is 36.3. The van der Waals surface area contributed by atoms with Crippen molar-refractivity contribution < 1.29 is 12.8 Å². The van der Waals surface area contributed by atoms with Crippen LogP contribution in [0.5, 0.6) is 0 Å². The Labute approximate surface area is 118 Å². The van der Waals surface area contributed by atoms with Crippen LogP contribution in [-0.2, 0) is 10.0 Å². The number of hydrogen-bond acceptors (Lipinski definition) is 4. The molecule has 2 saturated heterocycles. The fraction of sp³-hybridized carbons (Fsp3) is 0.538. The maximum atomic E-state index is 14.0. The number of hydrogen-bond donors (Lipinski definition) is 2. The molecule has 110 valence electrons. The van der Waals surface area contributed by atoms with Gasteiger partial charge in [0, 0.05) is 18.6 Å². The number of primary sulfonamides is 1. The van der Waals surface area contributed by atoms with E-state index in [9.17, 15) is 12.8 Å². The van der Waals surface area contributed by atoms with Gasteiger partial charge in [0.15, 0.2) is 0 Å². The third-order valence-electron chi connectivity index (χ3n) is 4.22. The van der Waals surface area contributed by atoms with Gasteiger partial charge in [-0.25, -0.2) is 17.9 Å². The maximum absolute atomic E-state index is 14.0. The van der Waals surface area contributed by atoms with Crippen molar-refractivity contribution in [1.82, 2.24) is 4.90 Å². The van der Waals surface area contributed by atoms with Crippen molar-refractivity contribution in [3.63, 3.8) is 0 Å². The third-order valence-corrected chi connectivity index (χ3v) is 5.13. The lowest BCUT2D eigenvalue weighted by Crippen LogP contribution is -2.34. The lowest BCUT2D eigenvalue weighted by Gasteiger charge is -2.22. The monoisotopic (exact) mass is 299 g/mol. The molecule has 2 aliphatic heterocycles. The van der Waals surface area contributed by atoms with E-state index in [1.54, 1.807) is 0 Å². The van der Waals surface area contributed by atoms with E-state index in [1.165, 1.54) is 18.6 Å². The Balaban J connectivity index is 1.78. The first-order chi connectivity index (χ1) is 9.45. The van der Waals surface area contributed by atoms with Crippen LogP contribution in [0.3, 0.4) is 0 Å². The highest BCUT2D eigenvalue weighted by molar-refractivity contribution is 7.89. The van der Waals surface area contributed by atoms with Crippen LogP contribution in [-0.4, -0.2) is 38.5 Å². The van der Waals surface area contributed by atoms with Crippen LogP contribution in [0, 0.1) is 5.82 Å². The fourth-order valence-electron chi connectivity index (χ4n) is 3.24. The molecule has 0 spiro atoms. The van der Waals surface area contributed by atoms with Gasteiger partial charge in [-0.3, -0.25) is 4.90 Å². The average Bonchev–Trinajstić information content (AvgIpc) is 2.95. The van der Waals surface area contributed by atoms with Gasteiger partial charge >= 0.3 is 0 Å². The lowest BCUT2D eigenvalue weighted by atomic mass is 10.1. The van der Waals surface area contributed by atoms with E-state index in [1.807, 2.05) is 0 Å². The van der Waals surface area contributed by atoms with Crippen LogP contribution in [0.4, 0.5) is 10.1 Å². The Morgan fingerprint density at radius 2 is 2.10 bits per heavy atom. The van der Waals surface area contributed by atoms with Gasteiger partial charge in [-0.15, -0.1) is 0 Å². The molecule has 7 heteroatoms. The number of sulfonamides is 1. The van der Waals surface area contributed by atoms with Crippen molar-refractivity contribution in [3.05, 3.63) is 24.0 Å². The molecule has 1 aromatic carbocycles. The van der Waals surface area contributed by atoms with Crippen LogP contribution in [0.2, 0.25) is 0 Å². The van der Waals surface area contributed by atoms with Crippen molar-refractivity contribution >= 4 is 15.7 Å². The van der Waals surface area contributed by atoms with Crippen LogP contribution < -0.4 is 10.5 Å². The molecule has 20 heavy (non-hydrogen) atoms. The summed E-state index contributed by atoms with van der Waals surface area (Å²) in [5, 5.41) is 8.19. The van der Waals surface area contributed by atoms with Crippen molar-refractivity contribution in [2.24, 2.45) is 5.14 Å². The van der Waals surface area contributed by atoms with Crippen LogP contribution in [0.15, 0.2) is 23.1 Å². The molecule has 0 bridgehead atoms. The van der Waals surface area contributed by atoms with Gasteiger partial charge in [-0.2, -0.15) is 0 Å².